The van der Waals surface area contributed by atoms with Gasteiger partial charge in [0.1, 0.15) is 5.25 Å². The van der Waals surface area contributed by atoms with E-state index in [1.54, 1.807) is 24.3 Å². The van der Waals surface area contributed by atoms with Crippen molar-refractivity contribution in [3.63, 3.8) is 0 Å². The van der Waals surface area contributed by atoms with Gasteiger partial charge in [0.05, 0.1) is 5.69 Å². The van der Waals surface area contributed by atoms with E-state index in [-0.39, 0.29) is 18.2 Å². The molecule has 0 bridgehead atoms. The molecule has 0 aliphatic carbocycles. The summed E-state index contributed by atoms with van der Waals surface area (Å²) in [5.41, 5.74) is 1.39. The molecule has 130 valence electrons. The van der Waals surface area contributed by atoms with Crippen LogP contribution in [0.25, 0.3) is 0 Å². The number of carbonyl (C=O) groups is 2. The fourth-order valence-electron chi connectivity index (χ4n) is 2.30. The number of thioether (sulfide) groups is 1. The van der Waals surface area contributed by atoms with Crippen LogP contribution < -0.4 is 10.2 Å². The molecule has 3 rings (SSSR count). The number of nitrogens with zero attached hydrogens (tertiary/aromatic N) is 3. The van der Waals surface area contributed by atoms with Crippen LogP contribution >= 0.6 is 34.7 Å². The first-order valence-electron chi connectivity index (χ1n) is 7.47. The van der Waals surface area contributed by atoms with E-state index in [1.807, 2.05) is 6.92 Å². The number of hydrogen-bond acceptors (Lipinski definition) is 7. The van der Waals surface area contributed by atoms with Crippen LogP contribution in [0.1, 0.15) is 12.0 Å². The highest BCUT2D eigenvalue weighted by Crippen LogP contribution is 2.36. The Labute approximate surface area is 158 Å². The number of benzene rings is 1. The van der Waals surface area contributed by atoms with E-state index in [1.165, 1.54) is 28.0 Å². The maximum Gasteiger partial charge on any atom is 0.247 e. The summed E-state index contributed by atoms with van der Waals surface area (Å²) in [6.07, 6.45) is 1.85. The monoisotopic (exact) mass is 394 g/mol. The topological polar surface area (TPSA) is 75.2 Å². The lowest BCUT2D eigenvalue weighted by atomic mass is 10.2. The molecule has 9 heteroatoms. The molecule has 2 heterocycles. The van der Waals surface area contributed by atoms with Gasteiger partial charge in [-0.05, 0) is 24.6 Å². The molecule has 0 unspecified atom stereocenters. The third-order valence-corrected chi connectivity index (χ3v) is 6.12. The van der Waals surface area contributed by atoms with Gasteiger partial charge in [0.15, 0.2) is 4.34 Å². The Morgan fingerprint density at radius 1 is 1.48 bits per heavy atom. The van der Waals surface area contributed by atoms with Crippen molar-refractivity contribution in [3.8, 4) is 0 Å². The van der Waals surface area contributed by atoms with Crippen LogP contribution in [0.15, 0.2) is 35.2 Å². The maximum absolute atomic E-state index is 12.7. The molecule has 1 aliphatic heterocycles. The maximum atomic E-state index is 12.7. The number of halogens is 1. The molecule has 1 aliphatic rings. The Morgan fingerprint density at radius 3 is 3.00 bits per heavy atom. The van der Waals surface area contributed by atoms with E-state index in [2.05, 4.69) is 22.1 Å². The molecule has 1 aromatic carbocycles. The minimum Gasteiger partial charge on any atom is -0.357 e. The first-order valence-corrected chi connectivity index (χ1v) is 9.55. The molecule has 25 heavy (non-hydrogen) atoms. The number of aryl methyl sites for hydroxylation is 1. The van der Waals surface area contributed by atoms with Gasteiger partial charge in [0, 0.05) is 18.0 Å². The second kappa shape index (κ2) is 7.55. The van der Waals surface area contributed by atoms with Crippen molar-refractivity contribution in [2.45, 2.75) is 22.9 Å². The number of amides is 2. The molecule has 1 N–H and O–H groups in total. The number of nitrogens with one attached hydrogen (secondary N) is 1. The average molecular weight is 395 g/mol. The Morgan fingerprint density at radius 2 is 2.28 bits per heavy atom. The summed E-state index contributed by atoms with van der Waals surface area (Å²) in [5, 5.41) is 11.8. The fourth-order valence-corrected chi connectivity index (χ4v) is 4.50. The zero-order valence-electron chi connectivity index (χ0n) is 13.4. The third-order valence-electron chi connectivity index (χ3n) is 3.57. The van der Waals surface area contributed by atoms with Crippen LogP contribution in [-0.2, 0) is 9.59 Å². The second-order valence-electron chi connectivity index (χ2n) is 5.35. The summed E-state index contributed by atoms with van der Waals surface area (Å²) >= 11 is 8.71. The molecule has 0 saturated carbocycles. The van der Waals surface area contributed by atoms with Gasteiger partial charge in [0.25, 0.3) is 0 Å². The molecule has 0 spiro atoms. The number of anilines is 2. The third kappa shape index (κ3) is 3.86. The number of aromatic nitrogens is 2. The molecule has 2 amide bonds. The SMILES string of the molecule is C=CCNc1nnc(S[C@@H]2CC(=O)N(c3ccc(C)c(Cl)c3)C2=O)s1. The lowest BCUT2D eigenvalue weighted by Gasteiger charge is -2.15. The van der Waals surface area contributed by atoms with Gasteiger partial charge in [-0.3, -0.25) is 9.59 Å². The lowest BCUT2D eigenvalue weighted by Crippen LogP contribution is -2.31. The van der Waals surface area contributed by atoms with Crippen molar-refractivity contribution >= 4 is 57.3 Å². The van der Waals surface area contributed by atoms with Crippen molar-refractivity contribution in [2.24, 2.45) is 0 Å². The average Bonchev–Trinajstić information content (AvgIpc) is 3.13. The number of carbonyl (C=O) groups excluding carboxylic acids is 2. The van der Waals surface area contributed by atoms with Crippen LogP contribution in [0, 0.1) is 6.92 Å². The minimum atomic E-state index is -0.507. The molecule has 1 saturated heterocycles. The molecule has 0 radical (unpaired) electrons. The highest BCUT2D eigenvalue weighted by molar-refractivity contribution is 8.02. The summed E-state index contributed by atoms with van der Waals surface area (Å²) in [6.45, 7) is 6.08. The van der Waals surface area contributed by atoms with Crippen molar-refractivity contribution in [2.75, 3.05) is 16.8 Å². The fraction of sp³-hybridized carbons (Fsp3) is 0.250. The summed E-state index contributed by atoms with van der Waals surface area (Å²) in [5.74, 6) is -0.498. The van der Waals surface area contributed by atoms with E-state index in [4.69, 9.17) is 11.6 Å². The van der Waals surface area contributed by atoms with E-state index < -0.39 is 5.25 Å². The molecule has 1 aromatic heterocycles. The summed E-state index contributed by atoms with van der Waals surface area (Å²) < 4.78 is 0.640. The van der Waals surface area contributed by atoms with E-state index in [0.29, 0.717) is 26.7 Å². The van der Waals surface area contributed by atoms with E-state index in [0.717, 1.165) is 5.56 Å². The molecular formula is C16H15ClN4O2S2. The Bertz CT molecular complexity index is 839. The molecule has 6 nitrogen and oxygen atoms in total. The number of rotatable bonds is 6. The predicted octanol–water partition coefficient (Wildman–Crippen LogP) is 3.52. The highest BCUT2D eigenvalue weighted by Gasteiger charge is 2.40. The molecular weight excluding hydrogens is 380 g/mol. The van der Waals surface area contributed by atoms with Gasteiger partial charge in [-0.2, -0.15) is 0 Å². The van der Waals surface area contributed by atoms with Crippen LogP contribution in [0.3, 0.4) is 0 Å². The summed E-state index contributed by atoms with van der Waals surface area (Å²) in [7, 11) is 0. The summed E-state index contributed by atoms with van der Waals surface area (Å²) in [6, 6.07) is 5.16. The number of hydrogen-bond donors (Lipinski definition) is 1. The van der Waals surface area contributed by atoms with E-state index >= 15 is 0 Å². The molecule has 2 aromatic rings. The largest absolute Gasteiger partial charge is 0.357 e. The smallest absolute Gasteiger partial charge is 0.247 e. The van der Waals surface area contributed by atoms with Crippen molar-refractivity contribution in [1.82, 2.24) is 10.2 Å². The van der Waals surface area contributed by atoms with Gasteiger partial charge in [-0.1, -0.05) is 46.8 Å². The Balaban J connectivity index is 1.73. The van der Waals surface area contributed by atoms with Crippen molar-refractivity contribution < 1.29 is 9.59 Å². The molecule has 1 fully saturated rings. The van der Waals surface area contributed by atoms with E-state index in [9.17, 15) is 9.59 Å². The van der Waals surface area contributed by atoms with Gasteiger partial charge < -0.3 is 5.32 Å². The van der Waals surface area contributed by atoms with Crippen molar-refractivity contribution in [1.29, 1.82) is 0 Å². The van der Waals surface area contributed by atoms with Gasteiger partial charge in [-0.25, -0.2) is 4.90 Å². The summed E-state index contributed by atoms with van der Waals surface area (Å²) in [4.78, 5) is 26.2. The quantitative estimate of drug-likeness (QED) is 0.596. The zero-order chi connectivity index (χ0) is 18.0. The van der Waals surface area contributed by atoms with Gasteiger partial charge in [0.2, 0.25) is 16.9 Å². The lowest BCUT2D eigenvalue weighted by molar-refractivity contribution is -0.121. The molecule has 1 atom stereocenters. The number of imide groups is 1. The van der Waals surface area contributed by atoms with Crippen LogP contribution in [0.5, 0.6) is 0 Å². The minimum absolute atomic E-state index is 0.129. The van der Waals surface area contributed by atoms with Gasteiger partial charge >= 0.3 is 0 Å². The van der Waals surface area contributed by atoms with Crippen LogP contribution in [-0.4, -0.2) is 33.8 Å². The Kier molecular flexibility index (Phi) is 5.41. The standard InChI is InChI=1S/C16H15ClN4O2S2/c1-3-6-18-15-19-20-16(25-15)24-12-8-13(22)21(14(12)23)10-5-4-9(2)11(17)7-10/h3-5,7,12H,1,6,8H2,2H3,(H,18,19)/t12-/m1/s1. The predicted molar refractivity (Wildman–Crippen MR) is 102 cm³/mol. The van der Waals surface area contributed by atoms with Crippen molar-refractivity contribution in [3.05, 3.63) is 41.4 Å². The van der Waals surface area contributed by atoms with Crippen LogP contribution in [0.2, 0.25) is 5.02 Å². The second-order valence-corrected chi connectivity index (χ2v) is 8.19. The van der Waals surface area contributed by atoms with Crippen LogP contribution in [0.4, 0.5) is 10.8 Å². The Hall–Kier alpha value is -1.90. The van der Waals surface area contributed by atoms with Gasteiger partial charge in [-0.15, -0.1) is 16.8 Å². The first-order chi connectivity index (χ1) is 12.0. The zero-order valence-corrected chi connectivity index (χ0v) is 15.7. The first kappa shape index (κ1) is 17.9. The highest BCUT2D eigenvalue weighted by atomic mass is 35.5. The normalized spacial score (nSPS) is 17.2.